The molecule has 6 heteroatoms. The van der Waals surface area contributed by atoms with Crippen LogP contribution in [0.3, 0.4) is 0 Å². The van der Waals surface area contributed by atoms with Gasteiger partial charge >= 0.3 is 0 Å². The number of rotatable bonds is 7. The Hall–Kier alpha value is -1.11. The summed E-state index contributed by atoms with van der Waals surface area (Å²) in [6.07, 6.45) is 3.86. The molecule has 0 aromatic carbocycles. The Morgan fingerprint density at radius 3 is 2.89 bits per heavy atom. The molecular weight excluding hydrogens is 242 g/mol. The number of aromatic nitrogens is 2. The number of nitrogens with zero attached hydrogens (tertiary/aromatic N) is 4. The van der Waals surface area contributed by atoms with Crippen molar-refractivity contribution in [1.82, 2.24) is 19.8 Å². The van der Waals surface area contributed by atoms with Crippen molar-refractivity contribution >= 4 is 5.95 Å². The third kappa shape index (κ3) is 4.19. The van der Waals surface area contributed by atoms with Crippen molar-refractivity contribution in [2.45, 2.75) is 6.54 Å². The number of piperazine rings is 1. The number of hydrogen-bond acceptors (Lipinski definition) is 5. The lowest BCUT2D eigenvalue weighted by molar-refractivity contribution is 0.187. The van der Waals surface area contributed by atoms with E-state index in [9.17, 15) is 0 Å². The molecule has 0 amide bonds. The molecule has 1 saturated heterocycles. The molecule has 1 N–H and O–H groups in total. The van der Waals surface area contributed by atoms with Gasteiger partial charge in [0.25, 0.3) is 0 Å². The first-order valence-corrected chi connectivity index (χ1v) is 6.95. The topological polar surface area (TPSA) is 45.6 Å². The molecule has 0 spiro atoms. The van der Waals surface area contributed by atoms with Crippen LogP contribution < -0.4 is 10.2 Å². The Labute approximate surface area is 115 Å². The van der Waals surface area contributed by atoms with Crippen LogP contribution >= 0.6 is 0 Å². The van der Waals surface area contributed by atoms with Gasteiger partial charge in [0.15, 0.2) is 0 Å². The summed E-state index contributed by atoms with van der Waals surface area (Å²) in [6, 6.07) is 0. The second kappa shape index (κ2) is 7.47. The van der Waals surface area contributed by atoms with Crippen LogP contribution in [0.5, 0.6) is 0 Å². The third-order valence-corrected chi connectivity index (χ3v) is 3.53. The van der Waals surface area contributed by atoms with Gasteiger partial charge in [0.2, 0.25) is 5.95 Å². The summed E-state index contributed by atoms with van der Waals surface area (Å²) in [5.41, 5.74) is 0. The van der Waals surface area contributed by atoms with E-state index >= 15 is 0 Å². The fraction of sp³-hybridized carbons (Fsp3) is 0.769. The first-order chi connectivity index (χ1) is 9.31. The van der Waals surface area contributed by atoms with E-state index in [0.29, 0.717) is 0 Å². The molecule has 19 heavy (non-hydrogen) atoms. The minimum atomic E-state index is 0.717. The van der Waals surface area contributed by atoms with Gasteiger partial charge in [-0.15, -0.1) is 0 Å². The van der Waals surface area contributed by atoms with Crippen molar-refractivity contribution in [3.05, 3.63) is 12.4 Å². The molecule has 1 fully saturated rings. The van der Waals surface area contributed by atoms with Crippen molar-refractivity contribution in [1.29, 1.82) is 0 Å². The Morgan fingerprint density at radius 2 is 2.16 bits per heavy atom. The molecular formula is C13H25N5O. The normalized spacial score (nSPS) is 16.7. The third-order valence-electron chi connectivity index (χ3n) is 3.53. The van der Waals surface area contributed by atoms with Crippen LogP contribution in [-0.2, 0) is 11.3 Å². The zero-order chi connectivity index (χ0) is 13.5. The Bertz CT molecular complexity index is 362. The molecule has 1 aromatic heterocycles. The predicted molar refractivity (Wildman–Crippen MR) is 76.7 cm³/mol. The molecule has 2 rings (SSSR count). The van der Waals surface area contributed by atoms with Crippen LogP contribution in [0, 0.1) is 0 Å². The minimum Gasteiger partial charge on any atom is -0.383 e. The highest BCUT2D eigenvalue weighted by atomic mass is 16.5. The monoisotopic (exact) mass is 267 g/mol. The number of anilines is 1. The lowest BCUT2D eigenvalue weighted by Crippen LogP contribution is -2.46. The summed E-state index contributed by atoms with van der Waals surface area (Å²) in [7, 11) is 3.83. The molecule has 1 aromatic rings. The van der Waals surface area contributed by atoms with Gasteiger partial charge in [0.1, 0.15) is 0 Å². The maximum absolute atomic E-state index is 5.12. The van der Waals surface area contributed by atoms with Crippen LogP contribution in [0.1, 0.15) is 0 Å². The number of hydrogen-bond donors (Lipinski definition) is 1. The summed E-state index contributed by atoms with van der Waals surface area (Å²) < 4.78 is 7.26. The predicted octanol–water partition coefficient (Wildman–Crippen LogP) is -0.129. The Kier molecular flexibility index (Phi) is 5.62. The smallest absolute Gasteiger partial charge is 0.205 e. The average Bonchev–Trinajstić information content (AvgIpc) is 2.92. The lowest BCUT2D eigenvalue weighted by atomic mass is 10.3. The SMILES string of the molecule is COCCn1ccnc1N(C)CCN1CCNCC1. The molecule has 0 saturated carbocycles. The van der Waals surface area contributed by atoms with Crippen LogP contribution in [0.2, 0.25) is 0 Å². The van der Waals surface area contributed by atoms with Gasteiger partial charge in [-0.3, -0.25) is 4.90 Å². The zero-order valence-electron chi connectivity index (χ0n) is 12.0. The van der Waals surface area contributed by atoms with Crippen LogP contribution in [-0.4, -0.2) is 74.5 Å². The summed E-state index contributed by atoms with van der Waals surface area (Å²) in [4.78, 5) is 9.15. The standard InChI is InChI=1S/C13H25N5O/c1-16(9-10-17-6-3-14-4-7-17)13-15-5-8-18(13)11-12-19-2/h5,8,14H,3-4,6-7,9-12H2,1-2H3. The summed E-state index contributed by atoms with van der Waals surface area (Å²) in [5.74, 6) is 1.02. The second-order valence-corrected chi connectivity index (χ2v) is 4.93. The first-order valence-electron chi connectivity index (χ1n) is 6.95. The van der Waals surface area contributed by atoms with Crippen molar-refractivity contribution in [2.75, 3.05) is 64.9 Å². The van der Waals surface area contributed by atoms with Gasteiger partial charge in [-0.25, -0.2) is 4.98 Å². The second-order valence-electron chi connectivity index (χ2n) is 4.93. The molecule has 2 heterocycles. The van der Waals surface area contributed by atoms with Crippen molar-refractivity contribution in [2.24, 2.45) is 0 Å². The molecule has 0 atom stereocenters. The van der Waals surface area contributed by atoms with Crippen LogP contribution in [0.25, 0.3) is 0 Å². The summed E-state index contributed by atoms with van der Waals surface area (Å²) in [6.45, 7) is 8.16. The van der Waals surface area contributed by atoms with Gasteiger partial charge in [-0.2, -0.15) is 0 Å². The molecule has 0 radical (unpaired) electrons. The molecule has 0 aliphatic carbocycles. The summed E-state index contributed by atoms with van der Waals surface area (Å²) in [5, 5.41) is 3.38. The van der Waals surface area contributed by atoms with Crippen LogP contribution in [0.4, 0.5) is 5.95 Å². The summed E-state index contributed by atoms with van der Waals surface area (Å²) >= 11 is 0. The highest BCUT2D eigenvalue weighted by Crippen LogP contribution is 2.09. The molecule has 1 aliphatic heterocycles. The molecule has 0 bridgehead atoms. The average molecular weight is 267 g/mol. The highest BCUT2D eigenvalue weighted by molar-refractivity contribution is 5.29. The molecule has 1 aliphatic rings. The van der Waals surface area contributed by atoms with E-state index in [-0.39, 0.29) is 0 Å². The largest absolute Gasteiger partial charge is 0.383 e. The van der Waals surface area contributed by atoms with Gasteiger partial charge in [0.05, 0.1) is 6.61 Å². The Morgan fingerprint density at radius 1 is 1.37 bits per heavy atom. The van der Waals surface area contributed by atoms with E-state index in [1.165, 1.54) is 0 Å². The number of imidazole rings is 1. The number of nitrogens with one attached hydrogen (secondary N) is 1. The minimum absolute atomic E-state index is 0.717. The number of ether oxygens (including phenoxy) is 1. The lowest BCUT2D eigenvalue weighted by Gasteiger charge is -2.29. The fourth-order valence-electron chi connectivity index (χ4n) is 2.33. The number of likely N-dealkylation sites (N-methyl/N-ethyl adjacent to an activating group) is 1. The van der Waals surface area contributed by atoms with Crippen LogP contribution in [0.15, 0.2) is 12.4 Å². The first kappa shape index (κ1) is 14.3. The fourth-order valence-corrected chi connectivity index (χ4v) is 2.33. The van der Waals surface area contributed by atoms with Crippen molar-refractivity contribution in [3.8, 4) is 0 Å². The van der Waals surface area contributed by atoms with E-state index in [0.717, 1.165) is 58.4 Å². The van der Waals surface area contributed by atoms with Gasteiger partial charge < -0.3 is 19.5 Å². The molecule has 108 valence electrons. The quantitative estimate of drug-likeness (QED) is 0.746. The zero-order valence-corrected chi connectivity index (χ0v) is 12.0. The maximum atomic E-state index is 5.12. The van der Waals surface area contributed by atoms with Gasteiger partial charge in [-0.05, 0) is 0 Å². The van der Waals surface area contributed by atoms with E-state index in [1.807, 2.05) is 12.4 Å². The van der Waals surface area contributed by atoms with E-state index in [4.69, 9.17) is 4.74 Å². The molecule has 6 nitrogen and oxygen atoms in total. The van der Waals surface area contributed by atoms with Crippen molar-refractivity contribution < 1.29 is 4.74 Å². The van der Waals surface area contributed by atoms with Gasteiger partial charge in [0, 0.05) is 72.4 Å². The maximum Gasteiger partial charge on any atom is 0.205 e. The van der Waals surface area contributed by atoms with Gasteiger partial charge in [-0.1, -0.05) is 0 Å². The Balaban J connectivity index is 1.81. The van der Waals surface area contributed by atoms with Crippen molar-refractivity contribution in [3.63, 3.8) is 0 Å². The van der Waals surface area contributed by atoms with E-state index < -0.39 is 0 Å². The number of methoxy groups -OCH3 is 1. The van der Waals surface area contributed by atoms with E-state index in [2.05, 4.69) is 31.7 Å². The highest BCUT2D eigenvalue weighted by Gasteiger charge is 2.12. The van der Waals surface area contributed by atoms with E-state index in [1.54, 1.807) is 7.11 Å². The molecule has 0 unspecified atom stereocenters.